The van der Waals surface area contributed by atoms with E-state index in [-0.39, 0.29) is 17.1 Å². The highest BCUT2D eigenvalue weighted by molar-refractivity contribution is 6.05. The molecule has 5 nitrogen and oxygen atoms in total. The van der Waals surface area contributed by atoms with Crippen molar-refractivity contribution in [3.8, 4) is 0 Å². The van der Waals surface area contributed by atoms with Crippen molar-refractivity contribution >= 4 is 17.4 Å². The maximum atomic E-state index is 11.8. The number of Topliss-reactive ketones (excluding diaryl/α,β-unsaturated/α-hetero) is 1. The topological polar surface area (TPSA) is 71.4 Å². The Kier molecular flexibility index (Phi) is 3.74. The van der Waals surface area contributed by atoms with Crippen LogP contribution in [0.1, 0.15) is 43.6 Å². The van der Waals surface area contributed by atoms with Gasteiger partial charge in [0.25, 0.3) is 5.91 Å². The molecule has 1 saturated carbocycles. The van der Waals surface area contributed by atoms with E-state index in [1.165, 1.54) is 0 Å². The number of carbonyl (C=O) groups excluding carboxylic acids is 2. The number of rotatable bonds is 2. The number of ketones is 1. The van der Waals surface area contributed by atoms with Gasteiger partial charge in [-0.25, -0.2) is 5.43 Å². The number of pyridine rings is 1. The van der Waals surface area contributed by atoms with Crippen molar-refractivity contribution < 1.29 is 9.59 Å². The molecule has 1 aromatic heterocycles. The molecule has 0 spiro atoms. The number of nitrogens with zero attached hydrogens (tertiary/aromatic N) is 2. The summed E-state index contributed by atoms with van der Waals surface area (Å²) in [4.78, 5) is 27.3. The van der Waals surface area contributed by atoms with E-state index in [1.807, 2.05) is 13.8 Å². The molecule has 1 aliphatic rings. The lowest BCUT2D eigenvalue weighted by molar-refractivity contribution is -0.120. The Morgan fingerprint density at radius 1 is 1.37 bits per heavy atom. The van der Waals surface area contributed by atoms with Gasteiger partial charge in [0.15, 0.2) is 0 Å². The standard InChI is InChI=1S/C14H17N3O2/c1-14(2)8-10(7-11(18)9-14)16-17-13(19)12-5-3-4-6-15-12/h3-6H,7-9H2,1-2H3,(H,17,19)/b16-10+. The normalized spacial score (nSPS) is 20.3. The summed E-state index contributed by atoms with van der Waals surface area (Å²) in [6, 6.07) is 5.10. The third-order valence-corrected chi connectivity index (χ3v) is 2.97. The first-order valence-corrected chi connectivity index (χ1v) is 6.25. The van der Waals surface area contributed by atoms with Gasteiger partial charge in [-0.05, 0) is 24.0 Å². The predicted molar refractivity (Wildman–Crippen MR) is 71.8 cm³/mol. The number of carbonyl (C=O) groups is 2. The second-order valence-electron chi connectivity index (χ2n) is 5.57. The summed E-state index contributed by atoms with van der Waals surface area (Å²) in [5, 5.41) is 4.06. The number of hydrogen-bond donors (Lipinski definition) is 1. The molecule has 0 aliphatic heterocycles. The summed E-state index contributed by atoms with van der Waals surface area (Å²) >= 11 is 0. The summed E-state index contributed by atoms with van der Waals surface area (Å²) < 4.78 is 0. The van der Waals surface area contributed by atoms with Crippen molar-refractivity contribution in [2.45, 2.75) is 33.1 Å². The van der Waals surface area contributed by atoms with E-state index in [0.29, 0.717) is 18.5 Å². The highest BCUT2D eigenvalue weighted by atomic mass is 16.2. The van der Waals surface area contributed by atoms with Crippen molar-refractivity contribution in [2.75, 3.05) is 0 Å². The van der Waals surface area contributed by atoms with Crippen LogP contribution in [0.25, 0.3) is 0 Å². The summed E-state index contributed by atoms with van der Waals surface area (Å²) in [7, 11) is 0. The molecule has 100 valence electrons. The second-order valence-corrected chi connectivity index (χ2v) is 5.57. The van der Waals surface area contributed by atoms with E-state index in [1.54, 1.807) is 24.4 Å². The van der Waals surface area contributed by atoms with Crippen LogP contribution < -0.4 is 5.43 Å². The number of hydrogen-bond acceptors (Lipinski definition) is 4. The van der Waals surface area contributed by atoms with Gasteiger partial charge in [-0.15, -0.1) is 0 Å². The Labute approximate surface area is 112 Å². The zero-order chi connectivity index (χ0) is 13.9. The first-order valence-electron chi connectivity index (χ1n) is 6.25. The average Bonchev–Trinajstić information content (AvgIpc) is 2.34. The van der Waals surface area contributed by atoms with Crippen LogP contribution in [0, 0.1) is 5.41 Å². The first-order chi connectivity index (χ1) is 8.96. The maximum Gasteiger partial charge on any atom is 0.289 e. The molecule has 1 amide bonds. The van der Waals surface area contributed by atoms with Crippen LogP contribution in [-0.4, -0.2) is 22.4 Å². The molecule has 0 bridgehead atoms. The Bertz CT molecular complexity index is 521. The Morgan fingerprint density at radius 2 is 2.16 bits per heavy atom. The Hall–Kier alpha value is -2.04. The van der Waals surface area contributed by atoms with Crippen LogP contribution >= 0.6 is 0 Å². The molecule has 2 rings (SSSR count). The van der Waals surface area contributed by atoms with Gasteiger partial charge in [-0.3, -0.25) is 14.6 Å². The Morgan fingerprint density at radius 3 is 2.79 bits per heavy atom. The van der Waals surface area contributed by atoms with Gasteiger partial charge in [0.2, 0.25) is 0 Å². The van der Waals surface area contributed by atoms with Crippen LogP contribution in [0.3, 0.4) is 0 Å². The fourth-order valence-electron chi connectivity index (χ4n) is 2.26. The van der Waals surface area contributed by atoms with Crippen LogP contribution in [0.2, 0.25) is 0 Å². The molecule has 0 aromatic carbocycles. The van der Waals surface area contributed by atoms with E-state index < -0.39 is 0 Å². The molecule has 1 aliphatic carbocycles. The van der Waals surface area contributed by atoms with Gasteiger partial charge < -0.3 is 0 Å². The number of hydrazone groups is 1. The molecule has 0 unspecified atom stereocenters. The van der Waals surface area contributed by atoms with E-state index in [4.69, 9.17) is 0 Å². The Balaban J connectivity index is 2.03. The lowest BCUT2D eigenvalue weighted by atomic mass is 9.76. The van der Waals surface area contributed by atoms with Gasteiger partial charge in [-0.1, -0.05) is 19.9 Å². The zero-order valence-corrected chi connectivity index (χ0v) is 11.1. The van der Waals surface area contributed by atoms with Gasteiger partial charge in [-0.2, -0.15) is 5.10 Å². The third-order valence-electron chi connectivity index (χ3n) is 2.97. The quantitative estimate of drug-likeness (QED) is 0.825. The maximum absolute atomic E-state index is 11.8. The summed E-state index contributed by atoms with van der Waals surface area (Å²) in [6.07, 6.45) is 3.17. The van der Waals surface area contributed by atoms with E-state index in [9.17, 15) is 9.59 Å². The van der Waals surface area contributed by atoms with E-state index in [0.717, 1.165) is 12.1 Å². The second kappa shape index (κ2) is 5.30. The molecule has 1 aromatic rings. The van der Waals surface area contributed by atoms with Crippen LogP contribution in [0.5, 0.6) is 0 Å². The summed E-state index contributed by atoms with van der Waals surface area (Å²) in [6.45, 7) is 4.06. The molecule has 0 saturated heterocycles. The minimum atomic E-state index is -0.357. The van der Waals surface area contributed by atoms with Crippen molar-refractivity contribution in [2.24, 2.45) is 10.5 Å². The van der Waals surface area contributed by atoms with Gasteiger partial charge >= 0.3 is 0 Å². The van der Waals surface area contributed by atoms with Crippen LogP contribution in [0.15, 0.2) is 29.5 Å². The van der Waals surface area contributed by atoms with Gasteiger partial charge in [0.1, 0.15) is 11.5 Å². The molecule has 1 fully saturated rings. The number of amides is 1. The fraction of sp³-hybridized carbons (Fsp3) is 0.429. The lowest BCUT2D eigenvalue weighted by Crippen LogP contribution is -2.31. The lowest BCUT2D eigenvalue weighted by Gasteiger charge is -2.28. The molecule has 0 radical (unpaired) electrons. The van der Waals surface area contributed by atoms with E-state index >= 15 is 0 Å². The van der Waals surface area contributed by atoms with Gasteiger partial charge in [0, 0.05) is 24.8 Å². The molecule has 1 heterocycles. The van der Waals surface area contributed by atoms with Crippen molar-refractivity contribution in [1.29, 1.82) is 0 Å². The van der Waals surface area contributed by atoms with Crippen LogP contribution in [0.4, 0.5) is 0 Å². The SMILES string of the molecule is CC1(C)CC(=O)C/C(=N\NC(=O)c2ccccn2)C1. The zero-order valence-electron chi connectivity index (χ0n) is 11.1. The number of aromatic nitrogens is 1. The molecular formula is C14H17N3O2. The molecule has 1 N–H and O–H groups in total. The first kappa shape index (κ1) is 13.4. The highest BCUT2D eigenvalue weighted by Gasteiger charge is 2.30. The largest absolute Gasteiger partial charge is 0.299 e. The third kappa shape index (κ3) is 3.71. The van der Waals surface area contributed by atoms with Crippen molar-refractivity contribution in [1.82, 2.24) is 10.4 Å². The minimum Gasteiger partial charge on any atom is -0.299 e. The predicted octanol–water partition coefficient (Wildman–Crippen LogP) is 1.95. The van der Waals surface area contributed by atoms with E-state index in [2.05, 4.69) is 15.5 Å². The molecular weight excluding hydrogens is 242 g/mol. The monoisotopic (exact) mass is 259 g/mol. The van der Waals surface area contributed by atoms with Crippen molar-refractivity contribution in [3.63, 3.8) is 0 Å². The van der Waals surface area contributed by atoms with Crippen LogP contribution in [-0.2, 0) is 4.79 Å². The highest BCUT2D eigenvalue weighted by Crippen LogP contribution is 2.31. The summed E-state index contributed by atoms with van der Waals surface area (Å²) in [5.74, 6) is -0.189. The molecule has 0 atom stereocenters. The molecule has 19 heavy (non-hydrogen) atoms. The van der Waals surface area contributed by atoms with Gasteiger partial charge in [0.05, 0.1) is 0 Å². The average molecular weight is 259 g/mol. The summed E-state index contributed by atoms with van der Waals surface area (Å²) in [5.41, 5.74) is 3.42. The number of nitrogens with one attached hydrogen (secondary N) is 1. The van der Waals surface area contributed by atoms with Crippen molar-refractivity contribution in [3.05, 3.63) is 30.1 Å². The fourth-order valence-corrected chi connectivity index (χ4v) is 2.26. The minimum absolute atomic E-state index is 0.0795. The smallest absolute Gasteiger partial charge is 0.289 e. The molecule has 5 heteroatoms.